The molecule has 0 aliphatic carbocycles. The average Bonchev–Trinajstić information content (AvgIpc) is 2.50. The van der Waals surface area contributed by atoms with Crippen molar-refractivity contribution in [2.45, 2.75) is 101 Å². The number of benzene rings is 1. The second-order valence-corrected chi connectivity index (χ2v) is 6.80. The molecule has 26 heavy (non-hydrogen) atoms. The summed E-state index contributed by atoms with van der Waals surface area (Å²) in [6, 6.07) is 6.62. The third-order valence-corrected chi connectivity index (χ3v) is 2.39. The Hall–Kier alpha value is -1.41. The molecule has 0 saturated heterocycles. The van der Waals surface area contributed by atoms with Gasteiger partial charge >= 0.3 is 0 Å². The average molecular weight is 367 g/mol. The van der Waals surface area contributed by atoms with Crippen LogP contribution >= 0.6 is 0 Å². The Morgan fingerprint density at radius 3 is 1.77 bits per heavy atom. The standard InChI is InChI=1S/C12H18.C4H10O.C3H6O.C3H6.C2H6/c1-4-7-12-10(3)8-6-9-11(12)5-2;1-4(2,3)5;1-3(2)4;1-3-2;1-2/h6,8-9H,4-5,7H2,1-3H3;5H,1-3H3;1-2H3;3H,1H2,2H3;1-2H3. The molecule has 154 valence electrons. The van der Waals surface area contributed by atoms with Gasteiger partial charge in [-0.2, -0.15) is 0 Å². The number of aryl methyl sites for hydroxylation is 2. The number of rotatable bonds is 3. The summed E-state index contributed by atoms with van der Waals surface area (Å²) >= 11 is 0. The number of hydrogen-bond donors (Lipinski definition) is 1. The van der Waals surface area contributed by atoms with Crippen molar-refractivity contribution in [3.8, 4) is 0 Å². The third-order valence-electron chi connectivity index (χ3n) is 2.39. The summed E-state index contributed by atoms with van der Waals surface area (Å²) in [5, 5.41) is 8.52. The normalized spacial score (nSPS) is 8.77. The minimum absolute atomic E-state index is 0.167. The van der Waals surface area contributed by atoms with Crippen LogP contribution < -0.4 is 0 Å². The van der Waals surface area contributed by atoms with Gasteiger partial charge in [-0.15, -0.1) is 6.58 Å². The van der Waals surface area contributed by atoms with Gasteiger partial charge in [0.05, 0.1) is 5.60 Å². The molecule has 2 heteroatoms. The molecule has 0 heterocycles. The van der Waals surface area contributed by atoms with Gasteiger partial charge in [0.25, 0.3) is 0 Å². The van der Waals surface area contributed by atoms with Crippen LogP contribution in [0.15, 0.2) is 30.9 Å². The molecule has 0 aliphatic rings. The minimum atomic E-state index is -0.500. The van der Waals surface area contributed by atoms with E-state index in [2.05, 4.69) is 45.5 Å². The Bertz CT molecular complexity index is 430. The summed E-state index contributed by atoms with van der Waals surface area (Å²) in [7, 11) is 0. The van der Waals surface area contributed by atoms with E-state index >= 15 is 0 Å². The molecule has 0 radical (unpaired) electrons. The Labute approximate surface area is 164 Å². The molecule has 0 aliphatic heterocycles. The van der Waals surface area contributed by atoms with E-state index in [1.54, 1.807) is 32.4 Å². The SMILES string of the molecule is C=CC.CC.CC(C)(C)O.CC(C)=O.CCCc1c(C)cccc1CC. The first kappa shape index (κ1) is 32.3. The highest BCUT2D eigenvalue weighted by molar-refractivity contribution is 5.72. The van der Waals surface area contributed by atoms with E-state index in [0.29, 0.717) is 0 Å². The third kappa shape index (κ3) is 34.0. The fourth-order valence-electron chi connectivity index (χ4n) is 1.70. The Kier molecular flexibility index (Phi) is 26.9. The van der Waals surface area contributed by atoms with Crippen molar-refractivity contribution < 1.29 is 9.90 Å². The van der Waals surface area contributed by atoms with Crippen molar-refractivity contribution in [2.24, 2.45) is 0 Å². The number of carbonyl (C=O) groups is 1. The van der Waals surface area contributed by atoms with Crippen LogP contribution in [0.2, 0.25) is 0 Å². The molecule has 0 amide bonds. The van der Waals surface area contributed by atoms with Gasteiger partial charge in [0, 0.05) is 0 Å². The van der Waals surface area contributed by atoms with Crippen LogP contribution in [0.3, 0.4) is 0 Å². The van der Waals surface area contributed by atoms with E-state index in [9.17, 15) is 4.79 Å². The molecule has 0 atom stereocenters. The van der Waals surface area contributed by atoms with Crippen molar-refractivity contribution in [1.29, 1.82) is 0 Å². The maximum absolute atomic E-state index is 9.44. The predicted molar refractivity (Wildman–Crippen MR) is 120 cm³/mol. The van der Waals surface area contributed by atoms with Crippen molar-refractivity contribution in [3.05, 3.63) is 47.5 Å². The monoisotopic (exact) mass is 366 g/mol. The lowest BCUT2D eigenvalue weighted by Crippen LogP contribution is -2.10. The molecule has 0 bridgehead atoms. The first-order chi connectivity index (χ1) is 11.9. The van der Waals surface area contributed by atoms with Crippen molar-refractivity contribution in [1.82, 2.24) is 0 Å². The molecule has 0 spiro atoms. The number of allylic oxidation sites excluding steroid dienone is 1. The zero-order valence-electron chi connectivity index (χ0n) is 19.5. The highest BCUT2D eigenvalue weighted by Crippen LogP contribution is 2.16. The molecule has 0 fully saturated rings. The van der Waals surface area contributed by atoms with Crippen molar-refractivity contribution in [3.63, 3.8) is 0 Å². The van der Waals surface area contributed by atoms with Crippen LogP contribution in [-0.4, -0.2) is 16.5 Å². The largest absolute Gasteiger partial charge is 0.391 e. The highest BCUT2D eigenvalue weighted by Gasteiger charge is 2.01. The molecule has 1 rings (SSSR count). The number of Topliss-reactive ketones (excluding diaryl/α,β-unsaturated/α-hetero) is 1. The van der Waals surface area contributed by atoms with Crippen LogP contribution in [0, 0.1) is 6.92 Å². The molecule has 1 aromatic carbocycles. The summed E-state index contributed by atoms with van der Waals surface area (Å²) in [5.74, 6) is 0.167. The van der Waals surface area contributed by atoms with E-state index in [4.69, 9.17) is 5.11 Å². The van der Waals surface area contributed by atoms with Gasteiger partial charge in [-0.05, 0) is 78.0 Å². The van der Waals surface area contributed by atoms with Crippen LogP contribution in [0.1, 0.15) is 92.3 Å². The summed E-state index contributed by atoms with van der Waals surface area (Å²) in [5.41, 5.74) is 4.05. The van der Waals surface area contributed by atoms with Gasteiger partial charge < -0.3 is 9.90 Å². The van der Waals surface area contributed by atoms with Gasteiger partial charge in [-0.1, -0.05) is 58.4 Å². The molecule has 0 aromatic heterocycles. The van der Waals surface area contributed by atoms with Gasteiger partial charge in [0.1, 0.15) is 5.78 Å². The highest BCUT2D eigenvalue weighted by atomic mass is 16.3. The molecule has 0 unspecified atom stereocenters. The predicted octanol–water partition coefficient (Wildman–Crippen LogP) is 7.10. The smallest absolute Gasteiger partial charge is 0.126 e. The molecule has 1 N–H and O–H groups in total. The lowest BCUT2D eigenvalue weighted by molar-refractivity contribution is -0.115. The lowest BCUT2D eigenvalue weighted by Gasteiger charge is -2.09. The van der Waals surface area contributed by atoms with Crippen LogP contribution in [-0.2, 0) is 17.6 Å². The molecule has 2 nitrogen and oxygen atoms in total. The number of aliphatic hydroxyl groups is 1. The van der Waals surface area contributed by atoms with E-state index in [-0.39, 0.29) is 5.78 Å². The van der Waals surface area contributed by atoms with Gasteiger partial charge in [0.15, 0.2) is 0 Å². The summed E-state index contributed by atoms with van der Waals surface area (Å²) < 4.78 is 0. The van der Waals surface area contributed by atoms with Crippen molar-refractivity contribution >= 4 is 5.78 Å². The van der Waals surface area contributed by atoms with E-state index in [1.807, 2.05) is 20.8 Å². The molecule has 0 saturated carbocycles. The van der Waals surface area contributed by atoms with E-state index < -0.39 is 5.60 Å². The first-order valence-electron chi connectivity index (χ1n) is 9.78. The maximum atomic E-state index is 9.44. The van der Waals surface area contributed by atoms with Crippen LogP contribution in [0.25, 0.3) is 0 Å². The first-order valence-corrected chi connectivity index (χ1v) is 9.78. The number of ketones is 1. The zero-order chi connectivity index (χ0) is 21.8. The fraction of sp³-hybridized carbons (Fsp3) is 0.625. The molecular weight excluding hydrogens is 320 g/mol. The Balaban J connectivity index is -0.000000144. The maximum Gasteiger partial charge on any atom is 0.126 e. The Morgan fingerprint density at radius 2 is 1.50 bits per heavy atom. The molecular formula is C24H46O2. The van der Waals surface area contributed by atoms with Crippen LogP contribution in [0.5, 0.6) is 0 Å². The summed E-state index contributed by atoms with van der Waals surface area (Å²) in [6.45, 7) is 24.2. The number of carbonyl (C=O) groups excluding carboxylic acids is 1. The van der Waals surface area contributed by atoms with E-state index in [0.717, 1.165) is 6.42 Å². The van der Waals surface area contributed by atoms with Gasteiger partial charge in [-0.3, -0.25) is 0 Å². The summed E-state index contributed by atoms with van der Waals surface area (Å²) in [6.07, 6.45) is 5.39. The van der Waals surface area contributed by atoms with Gasteiger partial charge in [-0.25, -0.2) is 0 Å². The molecule has 1 aromatic rings. The Morgan fingerprint density at radius 1 is 1.15 bits per heavy atom. The fourth-order valence-corrected chi connectivity index (χ4v) is 1.70. The second kappa shape index (κ2) is 21.6. The quantitative estimate of drug-likeness (QED) is 0.579. The number of hydrogen-bond acceptors (Lipinski definition) is 2. The summed E-state index contributed by atoms with van der Waals surface area (Å²) in [4.78, 5) is 9.44. The lowest BCUT2D eigenvalue weighted by atomic mass is 9.97. The van der Waals surface area contributed by atoms with E-state index in [1.165, 1.54) is 37.8 Å². The van der Waals surface area contributed by atoms with Crippen LogP contribution in [0.4, 0.5) is 0 Å². The minimum Gasteiger partial charge on any atom is -0.391 e. The second-order valence-electron chi connectivity index (χ2n) is 6.80. The topological polar surface area (TPSA) is 37.3 Å². The van der Waals surface area contributed by atoms with Crippen molar-refractivity contribution in [2.75, 3.05) is 0 Å². The van der Waals surface area contributed by atoms with Gasteiger partial charge in [0.2, 0.25) is 0 Å². The zero-order valence-corrected chi connectivity index (χ0v) is 19.5.